The van der Waals surface area contributed by atoms with Crippen LogP contribution in [0.15, 0.2) is 30.5 Å². The molecule has 1 aromatic carbocycles. The molecule has 0 radical (unpaired) electrons. The van der Waals surface area contributed by atoms with Gasteiger partial charge < -0.3 is 14.6 Å². The van der Waals surface area contributed by atoms with Gasteiger partial charge in [-0.1, -0.05) is 32.9 Å². The number of nitrogens with zero attached hydrogens (tertiary/aromatic N) is 3. The molecule has 0 spiro atoms. The molecule has 0 bridgehead atoms. The number of benzene rings is 1. The zero-order chi connectivity index (χ0) is 18.6. The number of aromatic nitrogens is 3. The van der Waals surface area contributed by atoms with Gasteiger partial charge in [-0.05, 0) is 25.0 Å². The van der Waals surface area contributed by atoms with Crippen molar-refractivity contribution in [1.82, 2.24) is 15.0 Å². The normalized spacial score (nSPS) is 19.8. The molecule has 0 amide bonds. The average molecular weight is 362 g/mol. The van der Waals surface area contributed by atoms with Crippen LogP contribution in [0.5, 0.6) is 0 Å². The molecule has 0 aliphatic carbocycles. The number of ether oxygens (including phenoxy) is 1. The summed E-state index contributed by atoms with van der Waals surface area (Å²) in [6.07, 6.45) is 4.13. The largest absolute Gasteiger partial charge is 0.377 e. The molecule has 1 N–H and O–H groups in total. The Hall–Kier alpha value is -2.40. The number of H-pyrrole nitrogens is 1. The molecule has 0 saturated carbocycles. The van der Waals surface area contributed by atoms with Gasteiger partial charge in [0.25, 0.3) is 0 Å². The molecular formula is C22H26N4O. The highest BCUT2D eigenvalue weighted by molar-refractivity contribution is 5.93. The van der Waals surface area contributed by atoms with Crippen molar-refractivity contribution in [1.29, 1.82) is 0 Å². The van der Waals surface area contributed by atoms with Crippen LogP contribution < -0.4 is 4.90 Å². The summed E-state index contributed by atoms with van der Waals surface area (Å²) in [5, 5.41) is 1.17. The first-order valence-electron chi connectivity index (χ1n) is 9.84. The molecule has 140 valence electrons. The van der Waals surface area contributed by atoms with E-state index in [2.05, 4.69) is 54.9 Å². The van der Waals surface area contributed by atoms with E-state index in [-0.39, 0.29) is 5.41 Å². The number of hydrogen-bond donors (Lipinski definition) is 1. The van der Waals surface area contributed by atoms with Crippen LogP contribution >= 0.6 is 0 Å². The van der Waals surface area contributed by atoms with Crippen molar-refractivity contribution in [3.05, 3.63) is 41.7 Å². The molecule has 2 aliphatic rings. The molecule has 5 heteroatoms. The lowest BCUT2D eigenvalue weighted by Gasteiger charge is -2.42. The van der Waals surface area contributed by atoms with Crippen LogP contribution in [-0.2, 0) is 16.6 Å². The molecule has 4 heterocycles. The third kappa shape index (κ3) is 2.72. The summed E-state index contributed by atoms with van der Waals surface area (Å²) in [4.78, 5) is 16.0. The number of morpholine rings is 1. The average Bonchev–Trinajstić information content (AvgIpc) is 3.15. The van der Waals surface area contributed by atoms with E-state index in [1.807, 2.05) is 6.20 Å². The lowest BCUT2D eigenvalue weighted by atomic mass is 9.84. The highest BCUT2D eigenvalue weighted by Gasteiger charge is 2.35. The minimum absolute atomic E-state index is 0.0209. The molecule has 2 aliphatic heterocycles. The number of hydrogen-bond acceptors (Lipinski definition) is 4. The van der Waals surface area contributed by atoms with Crippen molar-refractivity contribution in [2.45, 2.75) is 45.1 Å². The molecular weight excluding hydrogens is 336 g/mol. The molecule has 2 aromatic heterocycles. The van der Waals surface area contributed by atoms with E-state index in [9.17, 15) is 0 Å². The molecule has 5 nitrogen and oxygen atoms in total. The van der Waals surface area contributed by atoms with Gasteiger partial charge in [-0.2, -0.15) is 0 Å². The maximum Gasteiger partial charge on any atom is 0.162 e. The Morgan fingerprint density at radius 1 is 1.19 bits per heavy atom. The Morgan fingerprint density at radius 3 is 2.93 bits per heavy atom. The third-order valence-corrected chi connectivity index (χ3v) is 5.76. The van der Waals surface area contributed by atoms with E-state index in [1.54, 1.807) is 0 Å². The molecule has 3 aromatic rings. The summed E-state index contributed by atoms with van der Waals surface area (Å²) in [6.45, 7) is 9.24. The van der Waals surface area contributed by atoms with Crippen LogP contribution in [0.4, 0.5) is 5.82 Å². The van der Waals surface area contributed by atoms with E-state index in [1.165, 1.54) is 16.6 Å². The van der Waals surface area contributed by atoms with Crippen molar-refractivity contribution >= 4 is 16.7 Å². The van der Waals surface area contributed by atoms with E-state index < -0.39 is 0 Å². The zero-order valence-electron chi connectivity index (χ0n) is 16.2. The quantitative estimate of drug-likeness (QED) is 0.709. The second-order valence-electron chi connectivity index (χ2n) is 8.65. The summed E-state index contributed by atoms with van der Waals surface area (Å²) in [6, 6.07) is 8.85. The SMILES string of the molecule is CC(C)(C)c1nc(-c2cccc3[nH]ccc23)nc2c1CCC1COCCN21. The monoisotopic (exact) mass is 362 g/mol. The summed E-state index contributed by atoms with van der Waals surface area (Å²) < 4.78 is 5.72. The topological polar surface area (TPSA) is 54.0 Å². The Balaban J connectivity index is 1.75. The fourth-order valence-corrected chi connectivity index (χ4v) is 4.44. The van der Waals surface area contributed by atoms with Gasteiger partial charge >= 0.3 is 0 Å². The summed E-state index contributed by atoms with van der Waals surface area (Å²) >= 11 is 0. The molecule has 5 rings (SSSR count). The minimum Gasteiger partial charge on any atom is -0.377 e. The van der Waals surface area contributed by atoms with Gasteiger partial charge in [0.05, 0.1) is 24.9 Å². The molecule has 27 heavy (non-hydrogen) atoms. The lowest BCUT2D eigenvalue weighted by Crippen LogP contribution is -2.49. The molecule has 1 unspecified atom stereocenters. The van der Waals surface area contributed by atoms with Gasteiger partial charge in [0.15, 0.2) is 5.82 Å². The van der Waals surface area contributed by atoms with Crippen molar-refractivity contribution in [3.63, 3.8) is 0 Å². The van der Waals surface area contributed by atoms with Gasteiger partial charge in [0.2, 0.25) is 0 Å². The number of rotatable bonds is 1. The zero-order valence-corrected chi connectivity index (χ0v) is 16.2. The van der Waals surface area contributed by atoms with E-state index >= 15 is 0 Å². The van der Waals surface area contributed by atoms with Gasteiger partial charge in [-0.15, -0.1) is 0 Å². The minimum atomic E-state index is -0.0209. The van der Waals surface area contributed by atoms with Crippen LogP contribution in [0.2, 0.25) is 0 Å². The lowest BCUT2D eigenvalue weighted by molar-refractivity contribution is 0.0890. The highest BCUT2D eigenvalue weighted by Crippen LogP contribution is 2.39. The predicted molar refractivity (Wildman–Crippen MR) is 108 cm³/mol. The first-order valence-corrected chi connectivity index (χ1v) is 9.84. The maximum absolute atomic E-state index is 5.72. The fraction of sp³-hybridized carbons (Fsp3) is 0.455. The molecule has 1 saturated heterocycles. The summed E-state index contributed by atoms with van der Waals surface area (Å²) in [5.41, 5.74) is 4.70. The van der Waals surface area contributed by atoms with Crippen molar-refractivity contribution < 1.29 is 4.74 Å². The van der Waals surface area contributed by atoms with Crippen molar-refractivity contribution in [3.8, 4) is 11.4 Å². The second kappa shape index (κ2) is 6.06. The number of aromatic amines is 1. The van der Waals surface area contributed by atoms with E-state index in [0.29, 0.717) is 6.04 Å². The Kier molecular flexibility index (Phi) is 3.76. The molecule has 1 atom stereocenters. The second-order valence-corrected chi connectivity index (χ2v) is 8.65. The Labute approximate surface area is 159 Å². The van der Waals surface area contributed by atoms with Gasteiger partial charge in [0.1, 0.15) is 5.82 Å². The first kappa shape index (κ1) is 16.8. The Bertz CT molecular complexity index is 1000. The van der Waals surface area contributed by atoms with Gasteiger partial charge in [-0.25, -0.2) is 9.97 Å². The van der Waals surface area contributed by atoms with Crippen LogP contribution in [0.3, 0.4) is 0 Å². The summed E-state index contributed by atoms with van der Waals surface area (Å²) in [7, 11) is 0. The fourth-order valence-electron chi connectivity index (χ4n) is 4.44. The van der Waals surface area contributed by atoms with Crippen LogP contribution in [0.25, 0.3) is 22.3 Å². The molecule has 1 fully saturated rings. The summed E-state index contributed by atoms with van der Waals surface area (Å²) in [5.74, 6) is 1.95. The standard InChI is InChI=1S/C22H26N4O/c1-22(2,3)19-17-8-7-14-13-27-12-11-26(14)21(17)25-20(24-19)16-5-4-6-18-15(16)9-10-23-18/h4-6,9-10,14,23H,7-8,11-13H2,1-3H3. The van der Waals surface area contributed by atoms with Gasteiger partial charge in [0, 0.05) is 40.2 Å². The predicted octanol–water partition coefficient (Wildman–Crippen LogP) is 4.07. The van der Waals surface area contributed by atoms with Crippen molar-refractivity contribution in [2.75, 3.05) is 24.7 Å². The first-order chi connectivity index (χ1) is 13.0. The van der Waals surface area contributed by atoms with Crippen LogP contribution in [-0.4, -0.2) is 40.8 Å². The number of anilines is 1. The van der Waals surface area contributed by atoms with E-state index in [0.717, 1.165) is 55.3 Å². The highest BCUT2D eigenvalue weighted by atomic mass is 16.5. The number of nitrogens with one attached hydrogen (secondary N) is 1. The van der Waals surface area contributed by atoms with Gasteiger partial charge in [-0.3, -0.25) is 0 Å². The Morgan fingerprint density at radius 2 is 2.07 bits per heavy atom. The van der Waals surface area contributed by atoms with Crippen LogP contribution in [0, 0.1) is 0 Å². The van der Waals surface area contributed by atoms with E-state index in [4.69, 9.17) is 14.7 Å². The van der Waals surface area contributed by atoms with Crippen LogP contribution in [0.1, 0.15) is 38.4 Å². The maximum atomic E-state index is 5.72. The number of fused-ring (bicyclic) bond motifs is 4. The van der Waals surface area contributed by atoms with Crippen molar-refractivity contribution in [2.24, 2.45) is 0 Å². The third-order valence-electron chi connectivity index (χ3n) is 5.76. The smallest absolute Gasteiger partial charge is 0.162 e.